The van der Waals surface area contributed by atoms with Crippen LogP contribution in [0, 0.1) is 18.9 Å². The second-order valence-electron chi connectivity index (χ2n) is 4.94. The summed E-state index contributed by atoms with van der Waals surface area (Å²) in [5, 5.41) is 0. The highest BCUT2D eigenvalue weighted by molar-refractivity contribution is 5.89. The topological polar surface area (TPSA) is 35.5 Å². The molecule has 0 aromatic heterocycles. The van der Waals surface area contributed by atoms with Gasteiger partial charge >= 0.3 is 5.97 Å². The lowest BCUT2D eigenvalue weighted by atomic mass is 9.88. The van der Waals surface area contributed by atoms with Crippen LogP contribution in [0.4, 0.5) is 0 Å². The second-order valence-corrected chi connectivity index (χ2v) is 4.94. The van der Waals surface area contributed by atoms with E-state index in [-0.39, 0.29) is 0 Å². The third kappa shape index (κ3) is 3.33. The Kier molecular flexibility index (Phi) is 4.37. The van der Waals surface area contributed by atoms with Gasteiger partial charge in [-0.05, 0) is 37.8 Å². The van der Waals surface area contributed by atoms with Crippen LogP contribution in [0.1, 0.15) is 48.5 Å². The van der Waals surface area contributed by atoms with E-state index in [1.807, 2.05) is 19.1 Å². The van der Waals surface area contributed by atoms with E-state index >= 15 is 0 Å². The summed E-state index contributed by atoms with van der Waals surface area (Å²) in [6, 6.07) is 7.30. The Labute approximate surface area is 108 Å². The summed E-state index contributed by atoms with van der Waals surface area (Å²) in [5.41, 5.74) is 1.56. The highest BCUT2D eigenvalue weighted by Crippen LogP contribution is 2.32. The van der Waals surface area contributed by atoms with Crippen LogP contribution in [-0.4, -0.2) is 5.97 Å². The van der Waals surface area contributed by atoms with Crippen molar-refractivity contribution in [2.45, 2.75) is 39.5 Å². The van der Waals surface area contributed by atoms with Gasteiger partial charge in [0.2, 0.25) is 0 Å². The summed E-state index contributed by atoms with van der Waals surface area (Å²) in [4.78, 5) is 21.9. The molecular formula is C15H19O3. The first-order valence-electron chi connectivity index (χ1n) is 6.48. The number of carbonyl (C=O) groups is 1. The summed E-state index contributed by atoms with van der Waals surface area (Å²) < 4.78 is 0. The predicted molar refractivity (Wildman–Crippen MR) is 68.6 cm³/mol. The van der Waals surface area contributed by atoms with Crippen molar-refractivity contribution in [2.24, 2.45) is 5.92 Å². The second kappa shape index (κ2) is 6.01. The van der Waals surface area contributed by atoms with E-state index in [1.165, 1.54) is 6.42 Å². The third-order valence-corrected chi connectivity index (χ3v) is 3.34. The Balaban J connectivity index is 1.88. The summed E-state index contributed by atoms with van der Waals surface area (Å²) >= 11 is 0. The lowest BCUT2D eigenvalue weighted by Crippen LogP contribution is -2.19. The molecule has 0 heterocycles. The Morgan fingerprint density at radius 2 is 2.17 bits per heavy atom. The van der Waals surface area contributed by atoms with Crippen molar-refractivity contribution < 1.29 is 14.6 Å². The SMILES string of the molecule is Cc1cccc(C(=O)OO[C]2CCCCC2C)c1. The molecule has 3 heteroatoms. The van der Waals surface area contributed by atoms with Gasteiger partial charge in [0.25, 0.3) is 0 Å². The molecule has 1 aromatic rings. The molecule has 1 radical (unpaired) electrons. The van der Waals surface area contributed by atoms with Gasteiger partial charge in [-0.1, -0.05) is 37.5 Å². The molecule has 0 saturated heterocycles. The fraction of sp³-hybridized carbons (Fsp3) is 0.467. The number of hydrogen-bond acceptors (Lipinski definition) is 3. The Morgan fingerprint density at radius 3 is 2.89 bits per heavy atom. The highest BCUT2D eigenvalue weighted by atomic mass is 17.2. The van der Waals surface area contributed by atoms with E-state index in [9.17, 15) is 4.79 Å². The molecule has 18 heavy (non-hydrogen) atoms. The predicted octanol–water partition coefficient (Wildman–Crippen LogP) is 3.83. The average Bonchev–Trinajstić information content (AvgIpc) is 2.37. The van der Waals surface area contributed by atoms with Gasteiger partial charge in [-0.15, -0.1) is 0 Å². The maximum Gasteiger partial charge on any atom is 0.373 e. The highest BCUT2D eigenvalue weighted by Gasteiger charge is 2.25. The van der Waals surface area contributed by atoms with Crippen LogP contribution < -0.4 is 0 Å². The minimum atomic E-state index is -0.427. The zero-order chi connectivity index (χ0) is 13.0. The van der Waals surface area contributed by atoms with Crippen LogP contribution in [0.5, 0.6) is 0 Å². The van der Waals surface area contributed by atoms with E-state index in [0.29, 0.717) is 11.5 Å². The molecular weight excluding hydrogens is 228 g/mol. The molecule has 0 spiro atoms. The van der Waals surface area contributed by atoms with Crippen LogP contribution in [0.15, 0.2) is 24.3 Å². The van der Waals surface area contributed by atoms with E-state index in [0.717, 1.165) is 30.9 Å². The fourth-order valence-electron chi connectivity index (χ4n) is 2.19. The monoisotopic (exact) mass is 247 g/mol. The zero-order valence-electron chi connectivity index (χ0n) is 10.9. The van der Waals surface area contributed by atoms with Crippen molar-refractivity contribution in [1.82, 2.24) is 0 Å². The minimum absolute atomic E-state index is 0.379. The van der Waals surface area contributed by atoms with Crippen LogP contribution in [-0.2, 0) is 9.78 Å². The lowest BCUT2D eigenvalue weighted by molar-refractivity contribution is -0.246. The molecule has 3 nitrogen and oxygen atoms in total. The molecule has 1 aliphatic rings. The van der Waals surface area contributed by atoms with Crippen molar-refractivity contribution in [3.05, 3.63) is 41.5 Å². The number of carbonyl (C=O) groups excluding carboxylic acids is 1. The fourth-order valence-corrected chi connectivity index (χ4v) is 2.19. The minimum Gasteiger partial charge on any atom is -0.292 e. The largest absolute Gasteiger partial charge is 0.373 e. The number of benzene rings is 1. The molecule has 1 fully saturated rings. The van der Waals surface area contributed by atoms with Crippen molar-refractivity contribution in [3.63, 3.8) is 0 Å². The van der Waals surface area contributed by atoms with Gasteiger partial charge < -0.3 is 0 Å². The molecule has 1 unspecified atom stereocenters. The molecule has 1 saturated carbocycles. The first kappa shape index (κ1) is 13.1. The first-order chi connectivity index (χ1) is 8.66. The van der Waals surface area contributed by atoms with Crippen LogP contribution in [0.3, 0.4) is 0 Å². The molecule has 97 valence electrons. The Morgan fingerprint density at radius 1 is 1.33 bits per heavy atom. The molecule has 1 atom stereocenters. The first-order valence-corrected chi connectivity index (χ1v) is 6.48. The van der Waals surface area contributed by atoms with Gasteiger partial charge in [0.1, 0.15) is 0 Å². The summed E-state index contributed by atoms with van der Waals surface area (Å²) in [7, 11) is 0. The van der Waals surface area contributed by atoms with Crippen molar-refractivity contribution in [3.8, 4) is 0 Å². The van der Waals surface area contributed by atoms with E-state index < -0.39 is 5.97 Å². The lowest BCUT2D eigenvalue weighted by Gasteiger charge is -2.25. The van der Waals surface area contributed by atoms with Gasteiger partial charge in [0, 0.05) is 0 Å². The van der Waals surface area contributed by atoms with Gasteiger partial charge in [-0.2, -0.15) is 4.89 Å². The molecule has 0 N–H and O–H groups in total. The van der Waals surface area contributed by atoms with Gasteiger partial charge in [-0.25, -0.2) is 4.79 Å². The van der Waals surface area contributed by atoms with Crippen LogP contribution in [0.25, 0.3) is 0 Å². The van der Waals surface area contributed by atoms with Crippen LogP contribution >= 0.6 is 0 Å². The van der Waals surface area contributed by atoms with Gasteiger partial charge in [-0.3, -0.25) is 4.89 Å². The standard InChI is InChI=1S/C15H19O3/c1-11-6-5-8-13(10-11)15(16)18-17-14-9-4-3-7-12(14)2/h5-6,8,10,12H,3-4,7,9H2,1-2H3. The van der Waals surface area contributed by atoms with Gasteiger partial charge in [0.05, 0.1) is 5.56 Å². The maximum atomic E-state index is 11.8. The maximum absolute atomic E-state index is 11.8. The smallest absolute Gasteiger partial charge is 0.292 e. The van der Waals surface area contributed by atoms with E-state index in [2.05, 4.69) is 6.92 Å². The summed E-state index contributed by atoms with van der Waals surface area (Å²) in [6.07, 6.45) is 5.23. The van der Waals surface area contributed by atoms with Gasteiger partial charge in [0.15, 0.2) is 6.10 Å². The van der Waals surface area contributed by atoms with Crippen molar-refractivity contribution in [1.29, 1.82) is 0 Å². The quantitative estimate of drug-likeness (QED) is 0.601. The van der Waals surface area contributed by atoms with E-state index in [4.69, 9.17) is 9.78 Å². The number of rotatable bonds is 3. The molecule has 1 aliphatic carbocycles. The average molecular weight is 247 g/mol. The summed E-state index contributed by atoms with van der Waals surface area (Å²) in [5.74, 6) is -0.0481. The van der Waals surface area contributed by atoms with Crippen molar-refractivity contribution >= 4 is 5.97 Å². The number of hydrogen-bond donors (Lipinski definition) is 0. The Hall–Kier alpha value is -1.35. The Bertz CT molecular complexity index is 414. The zero-order valence-corrected chi connectivity index (χ0v) is 10.9. The van der Waals surface area contributed by atoms with Crippen LogP contribution in [0.2, 0.25) is 0 Å². The van der Waals surface area contributed by atoms with Crippen molar-refractivity contribution in [2.75, 3.05) is 0 Å². The normalized spacial score (nSPS) is 20.7. The molecule has 0 aliphatic heterocycles. The molecule has 0 amide bonds. The molecule has 1 aromatic carbocycles. The number of aryl methyl sites for hydroxylation is 1. The van der Waals surface area contributed by atoms with E-state index in [1.54, 1.807) is 12.1 Å². The molecule has 2 rings (SSSR count). The summed E-state index contributed by atoms with van der Waals surface area (Å²) in [6.45, 7) is 4.05. The molecule has 0 bridgehead atoms. The third-order valence-electron chi connectivity index (χ3n) is 3.34.